The van der Waals surface area contributed by atoms with E-state index in [1.165, 1.54) is 12.8 Å². The summed E-state index contributed by atoms with van der Waals surface area (Å²) in [5.74, 6) is -1.18. The fraction of sp³-hybridized carbons (Fsp3) is 0.538. The fourth-order valence-corrected chi connectivity index (χ4v) is 2.38. The molecule has 0 bridgehead atoms. The fourth-order valence-electron chi connectivity index (χ4n) is 2.38. The van der Waals surface area contributed by atoms with Crippen molar-refractivity contribution in [2.24, 2.45) is 0 Å². The van der Waals surface area contributed by atoms with E-state index in [0.717, 1.165) is 31.8 Å². The summed E-state index contributed by atoms with van der Waals surface area (Å²) in [6.07, 6.45) is 3.03. The van der Waals surface area contributed by atoms with Crippen molar-refractivity contribution in [2.45, 2.75) is 19.3 Å². The van der Waals surface area contributed by atoms with Crippen molar-refractivity contribution in [3.05, 3.63) is 24.0 Å². The van der Waals surface area contributed by atoms with Gasteiger partial charge in [-0.1, -0.05) is 5.46 Å². The number of nitrogens with zero attached hydrogens (tertiary/aromatic N) is 1. The quantitative estimate of drug-likeness (QED) is 0.405. The summed E-state index contributed by atoms with van der Waals surface area (Å²) in [4.78, 5) is 2.27. The standard InChI is InChI=1S/C13H17BF4NO.K/c15-11-4-5-13(12(10-11)14(16,17)18)20-9-3-8-19-6-1-2-7-19;/h4-5,10H,1-3,6-9H2;/q-1;+1. The average Bonchev–Trinajstić information content (AvgIpc) is 2.88. The van der Waals surface area contributed by atoms with Gasteiger partial charge >= 0.3 is 58.4 Å². The van der Waals surface area contributed by atoms with Gasteiger partial charge in [-0.3, -0.25) is 0 Å². The summed E-state index contributed by atoms with van der Waals surface area (Å²) in [6.45, 7) is -2.13. The van der Waals surface area contributed by atoms with Gasteiger partial charge in [-0.25, -0.2) is 4.39 Å². The van der Waals surface area contributed by atoms with Crippen LogP contribution in [-0.4, -0.2) is 38.1 Å². The molecule has 0 atom stereocenters. The summed E-state index contributed by atoms with van der Waals surface area (Å²) < 4.78 is 56.5. The molecule has 0 saturated carbocycles. The van der Waals surface area contributed by atoms with Gasteiger partial charge in [0.15, 0.2) is 0 Å². The van der Waals surface area contributed by atoms with Crippen LogP contribution in [0.4, 0.5) is 17.3 Å². The SMILES string of the molecule is Fc1ccc(OCCCN2CCCC2)c([B-](F)(F)F)c1.[K+]. The third-order valence-corrected chi connectivity index (χ3v) is 3.40. The molecule has 21 heavy (non-hydrogen) atoms. The molecule has 2 rings (SSSR count). The third-order valence-electron chi connectivity index (χ3n) is 3.40. The number of hydrogen-bond donors (Lipinski definition) is 0. The summed E-state index contributed by atoms with van der Waals surface area (Å²) in [7, 11) is 0. The van der Waals surface area contributed by atoms with Gasteiger partial charge in [0, 0.05) is 6.54 Å². The molecule has 1 aliphatic heterocycles. The molecule has 0 amide bonds. The van der Waals surface area contributed by atoms with Gasteiger partial charge in [-0.15, -0.1) is 0 Å². The monoisotopic (exact) mass is 329 g/mol. The Kier molecular flexibility index (Phi) is 8.23. The zero-order valence-corrected chi connectivity index (χ0v) is 15.2. The van der Waals surface area contributed by atoms with Crippen molar-refractivity contribution in [1.29, 1.82) is 0 Å². The smallest absolute Gasteiger partial charge is 0.497 e. The van der Waals surface area contributed by atoms with Crippen molar-refractivity contribution < 1.29 is 73.5 Å². The molecular formula is C13H17BF4KNO. The van der Waals surface area contributed by atoms with Gasteiger partial charge in [0.25, 0.3) is 0 Å². The number of ether oxygens (including phenoxy) is 1. The van der Waals surface area contributed by atoms with Crippen LogP contribution in [0.1, 0.15) is 19.3 Å². The van der Waals surface area contributed by atoms with E-state index in [2.05, 4.69) is 4.90 Å². The summed E-state index contributed by atoms with van der Waals surface area (Å²) in [6, 6.07) is 2.53. The molecular weight excluding hydrogens is 312 g/mol. The van der Waals surface area contributed by atoms with E-state index in [4.69, 9.17) is 4.74 Å². The molecule has 0 radical (unpaired) electrons. The average molecular weight is 329 g/mol. The molecule has 0 aromatic heterocycles. The van der Waals surface area contributed by atoms with Crippen LogP contribution in [0.3, 0.4) is 0 Å². The molecule has 1 heterocycles. The Balaban J connectivity index is 0.00000220. The van der Waals surface area contributed by atoms with Crippen LogP contribution in [0.25, 0.3) is 0 Å². The molecule has 1 aromatic rings. The summed E-state index contributed by atoms with van der Waals surface area (Å²) in [5, 5.41) is 0. The molecule has 1 saturated heterocycles. The number of halogens is 4. The molecule has 1 aromatic carbocycles. The second kappa shape index (κ2) is 8.88. The predicted molar refractivity (Wildman–Crippen MR) is 70.9 cm³/mol. The normalized spacial score (nSPS) is 15.8. The van der Waals surface area contributed by atoms with Gasteiger partial charge in [-0.05, 0) is 50.6 Å². The first kappa shape index (κ1) is 19.4. The van der Waals surface area contributed by atoms with Crippen molar-refractivity contribution in [1.82, 2.24) is 4.90 Å². The Morgan fingerprint density at radius 2 is 1.81 bits per heavy atom. The Labute approximate surface area is 164 Å². The van der Waals surface area contributed by atoms with Gasteiger partial charge in [0.2, 0.25) is 0 Å². The largest absolute Gasteiger partial charge is 1.00 e. The zero-order chi connectivity index (χ0) is 14.6. The molecule has 2 nitrogen and oxygen atoms in total. The maximum absolute atomic E-state index is 12.9. The molecule has 112 valence electrons. The van der Waals surface area contributed by atoms with E-state index in [1.54, 1.807) is 0 Å². The van der Waals surface area contributed by atoms with Gasteiger partial charge in [-0.2, -0.15) is 0 Å². The van der Waals surface area contributed by atoms with Gasteiger partial charge in [0.1, 0.15) is 5.82 Å². The first-order valence-electron chi connectivity index (χ1n) is 6.81. The maximum atomic E-state index is 12.9. The van der Waals surface area contributed by atoms with Crippen molar-refractivity contribution in [3.8, 4) is 5.75 Å². The van der Waals surface area contributed by atoms with E-state index in [9.17, 15) is 17.3 Å². The molecule has 0 spiro atoms. The number of rotatable bonds is 6. The molecule has 1 fully saturated rings. The maximum Gasteiger partial charge on any atom is 1.00 e. The van der Waals surface area contributed by atoms with Gasteiger partial charge < -0.3 is 22.6 Å². The van der Waals surface area contributed by atoms with Crippen LogP contribution in [0, 0.1) is 5.82 Å². The Bertz CT molecular complexity index is 452. The van der Waals surface area contributed by atoms with Crippen LogP contribution >= 0.6 is 0 Å². The molecule has 1 aliphatic rings. The Morgan fingerprint density at radius 3 is 2.43 bits per heavy atom. The van der Waals surface area contributed by atoms with Crippen LogP contribution in [0.5, 0.6) is 5.75 Å². The van der Waals surface area contributed by atoms with E-state index >= 15 is 0 Å². The van der Waals surface area contributed by atoms with Crippen molar-refractivity contribution >= 4 is 12.4 Å². The first-order chi connectivity index (χ1) is 9.47. The van der Waals surface area contributed by atoms with E-state index in [0.29, 0.717) is 12.5 Å². The Morgan fingerprint density at radius 1 is 1.14 bits per heavy atom. The van der Waals surface area contributed by atoms with E-state index in [1.807, 2.05) is 0 Å². The minimum absolute atomic E-state index is 0. The van der Waals surface area contributed by atoms with Crippen LogP contribution in [0.15, 0.2) is 18.2 Å². The summed E-state index contributed by atoms with van der Waals surface area (Å²) >= 11 is 0. The molecule has 0 unspecified atom stereocenters. The number of hydrogen-bond acceptors (Lipinski definition) is 2. The summed E-state index contributed by atoms with van der Waals surface area (Å²) in [5.41, 5.74) is -0.994. The minimum Gasteiger partial charge on any atom is -0.497 e. The van der Waals surface area contributed by atoms with Crippen molar-refractivity contribution in [3.63, 3.8) is 0 Å². The zero-order valence-electron chi connectivity index (χ0n) is 12.1. The second-order valence-corrected chi connectivity index (χ2v) is 5.01. The number of benzene rings is 1. The van der Waals surface area contributed by atoms with Crippen LogP contribution in [0.2, 0.25) is 0 Å². The molecule has 0 aliphatic carbocycles. The van der Waals surface area contributed by atoms with E-state index < -0.39 is 18.3 Å². The Hall–Kier alpha value is 0.401. The van der Waals surface area contributed by atoms with Crippen LogP contribution in [-0.2, 0) is 0 Å². The van der Waals surface area contributed by atoms with Gasteiger partial charge in [0.05, 0.1) is 12.4 Å². The predicted octanol–water partition coefficient (Wildman–Crippen LogP) is -0.251. The topological polar surface area (TPSA) is 12.5 Å². The molecule has 8 heteroatoms. The van der Waals surface area contributed by atoms with E-state index in [-0.39, 0.29) is 63.7 Å². The third kappa shape index (κ3) is 6.19. The number of likely N-dealkylation sites (tertiary alicyclic amines) is 1. The van der Waals surface area contributed by atoms with Crippen molar-refractivity contribution in [2.75, 3.05) is 26.2 Å². The molecule has 0 N–H and O–H groups in total. The second-order valence-electron chi connectivity index (χ2n) is 5.01. The van der Waals surface area contributed by atoms with Crippen LogP contribution < -0.4 is 61.6 Å². The minimum atomic E-state index is -5.26. The first-order valence-corrected chi connectivity index (χ1v) is 6.81.